The summed E-state index contributed by atoms with van der Waals surface area (Å²) in [4.78, 5) is 15.1. The van der Waals surface area contributed by atoms with Crippen molar-refractivity contribution >= 4 is 17.4 Å². The molecule has 2 rings (SSSR count). The van der Waals surface area contributed by atoms with Gasteiger partial charge in [0.15, 0.2) is 5.78 Å². The Bertz CT molecular complexity index is 557. The Kier molecular flexibility index (Phi) is 5.87. The third-order valence-corrected chi connectivity index (χ3v) is 4.91. The van der Waals surface area contributed by atoms with Crippen LogP contribution in [0.25, 0.3) is 0 Å². The molecule has 1 aliphatic rings. The van der Waals surface area contributed by atoms with E-state index in [2.05, 4.69) is 11.8 Å². The zero-order chi connectivity index (χ0) is 16.3. The number of Topliss-reactive ketones (excluding diaryl/α,β-unsaturated/α-hetero) is 1. The van der Waals surface area contributed by atoms with Gasteiger partial charge in [0.2, 0.25) is 0 Å². The number of ketones is 1. The largest absolute Gasteiger partial charge is 0.493 e. The summed E-state index contributed by atoms with van der Waals surface area (Å²) in [6.07, 6.45) is 2.42. The first-order chi connectivity index (χ1) is 10.4. The van der Waals surface area contributed by atoms with Crippen LogP contribution in [-0.4, -0.2) is 36.9 Å². The molecule has 1 aliphatic heterocycles. The number of hydrogen-bond donors (Lipinski definition) is 0. The summed E-state index contributed by atoms with van der Waals surface area (Å²) in [6, 6.07) is 1.88. The fraction of sp³-hybridized carbons (Fsp3) is 0.611. The van der Waals surface area contributed by atoms with E-state index in [1.807, 2.05) is 26.8 Å². The van der Waals surface area contributed by atoms with Crippen molar-refractivity contribution in [2.24, 2.45) is 5.92 Å². The van der Waals surface area contributed by atoms with Gasteiger partial charge in [-0.2, -0.15) is 0 Å². The quantitative estimate of drug-likeness (QED) is 0.758. The van der Waals surface area contributed by atoms with Crippen molar-refractivity contribution in [2.75, 3.05) is 26.2 Å². The first kappa shape index (κ1) is 17.3. The first-order valence-corrected chi connectivity index (χ1v) is 8.49. The van der Waals surface area contributed by atoms with Crippen molar-refractivity contribution in [3.8, 4) is 5.75 Å². The molecule has 4 heteroatoms. The zero-order valence-corrected chi connectivity index (χ0v) is 14.8. The van der Waals surface area contributed by atoms with Crippen molar-refractivity contribution in [3.05, 3.63) is 27.8 Å². The Morgan fingerprint density at radius 2 is 2.18 bits per heavy atom. The number of hydrogen-bond acceptors (Lipinski definition) is 3. The molecule has 0 bridgehead atoms. The van der Waals surface area contributed by atoms with Crippen LogP contribution in [-0.2, 0) is 0 Å². The van der Waals surface area contributed by atoms with Crippen molar-refractivity contribution in [2.45, 2.75) is 40.5 Å². The van der Waals surface area contributed by atoms with E-state index < -0.39 is 0 Å². The van der Waals surface area contributed by atoms with Crippen LogP contribution >= 0.6 is 11.6 Å². The SMILES string of the molecule is CCOc1cc(C)c(Cl)c(C)c1C(=O)CN1CCCC(C)C1. The number of ether oxygens (including phenoxy) is 1. The molecule has 122 valence electrons. The van der Waals surface area contributed by atoms with Crippen LogP contribution in [0.3, 0.4) is 0 Å². The number of likely N-dealkylation sites (tertiary alicyclic amines) is 1. The van der Waals surface area contributed by atoms with Crippen molar-refractivity contribution in [1.29, 1.82) is 0 Å². The maximum atomic E-state index is 12.8. The molecule has 1 aromatic rings. The molecule has 22 heavy (non-hydrogen) atoms. The van der Waals surface area contributed by atoms with Crippen molar-refractivity contribution in [1.82, 2.24) is 4.90 Å². The van der Waals surface area contributed by atoms with Gasteiger partial charge < -0.3 is 4.74 Å². The Balaban J connectivity index is 2.26. The minimum absolute atomic E-state index is 0.108. The minimum atomic E-state index is 0.108. The highest BCUT2D eigenvalue weighted by molar-refractivity contribution is 6.32. The van der Waals surface area contributed by atoms with Gasteiger partial charge >= 0.3 is 0 Å². The second kappa shape index (κ2) is 7.47. The van der Waals surface area contributed by atoms with Crippen LogP contribution in [0.15, 0.2) is 6.07 Å². The van der Waals surface area contributed by atoms with Crippen LogP contribution in [0.4, 0.5) is 0 Å². The second-order valence-electron chi connectivity index (χ2n) is 6.34. The monoisotopic (exact) mass is 323 g/mol. The molecule has 1 atom stereocenters. The van der Waals surface area contributed by atoms with Crippen LogP contribution in [0.2, 0.25) is 5.02 Å². The number of carbonyl (C=O) groups excluding carboxylic acids is 1. The van der Waals surface area contributed by atoms with Gasteiger partial charge in [0.25, 0.3) is 0 Å². The number of rotatable bonds is 5. The molecular formula is C18H26ClNO2. The van der Waals surface area contributed by atoms with E-state index in [1.54, 1.807) is 0 Å². The Morgan fingerprint density at radius 3 is 2.82 bits per heavy atom. The molecule has 0 spiro atoms. The van der Waals surface area contributed by atoms with E-state index in [4.69, 9.17) is 16.3 Å². The molecule has 1 unspecified atom stereocenters. The standard InChI is InChI=1S/C18H26ClNO2/c1-5-22-16-9-13(3)18(19)14(4)17(16)15(21)11-20-8-6-7-12(2)10-20/h9,12H,5-8,10-11H2,1-4H3. The first-order valence-electron chi connectivity index (χ1n) is 8.12. The maximum Gasteiger partial charge on any atom is 0.180 e. The molecule has 0 aliphatic carbocycles. The Morgan fingerprint density at radius 1 is 1.45 bits per heavy atom. The number of aryl methyl sites for hydroxylation is 1. The summed E-state index contributed by atoms with van der Waals surface area (Å²) in [5, 5.41) is 0.666. The zero-order valence-electron chi connectivity index (χ0n) is 14.0. The molecule has 1 heterocycles. The van der Waals surface area contributed by atoms with E-state index in [0.29, 0.717) is 35.4 Å². The Hall–Kier alpha value is -1.06. The molecule has 1 saturated heterocycles. The van der Waals surface area contributed by atoms with E-state index in [9.17, 15) is 4.79 Å². The van der Waals surface area contributed by atoms with E-state index in [1.165, 1.54) is 12.8 Å². The lowest BCUT2D eigenvalue weighted by Gasteiger charge is -2.30. The highest BCUT2D eigenvalue weighted by Crippen LogP contribution is 2.32. The van der Waals surface area contributed by atoms with Crippen LogP contribution in [0, 0.1) is 19.8 Å². The van der Waals surface area contributed by atoms with Crippen LogP contribution in [0.1, 0.15) is 48.2 Å². The number of nitrogens with zero attached hydrogens (tertiary/aromatic N) is 1. The summed E-state index contributed by atoms with van der Waals surface area (Å²) in [5.41, 5.74) is 2.43. The smallest absolute Gasteiger partial charge is 0.180 e. The van der Waals surface area contributed by atoms with Crippen LogP contribution < -0.4 is 4.74 Å². The van der Waals surface area contributed by atoms with E-state index >= 15 is 0 Å². The summed E-state index contributed by atoms with van der Waals surface area (Å²) in [6.45, 7) is 11.0. The fourth-order valence-electron chi connectivity index (χ4n) is 3.25. The predicted octanol–water partition coefficient (Wildman–Crippen LogP) is 4.27. The number of benzene rings is 1. The van der Waals surface area contributed by atoms with Gasteiger partial charge in [-0.25, -0.2) is 0 Å². The summed E-state index contributed by atoms with van der Waals surface area (Å²) in [7, 11) is 0. The van der Waals surface area contributed by atoms with Gasteiger partial charge in [0.05, 0.1) is 18.7 Å². The Labute approximate surface area is 138 Å². The summed E-state index contributed by atoms with van der Waals surface area (Å²) < 4.78 is 5.69. The average molecular weight is 324 g/mol. The lowest BCUT2D eigenvalue weighted by Crippen LogP contribution is -2.38. The third kappa shape index (κ3) is 3.82. The normalized spacial score (nSPS) is 19.2. The highest BCUT2D eigenvalue weighted by atomic mass is 35.5. The highest BCUT2D eigenvalue weighted by Gasteiger charge is 2.24. The second-order valence-corrected chi connectivity index (χ2v) is 6.72. The molecule has 0 aromatic heterocycles. The number of piperidine rings is 1. The van der Waals surface area contributed by atoms with E-state index in [0.717, 1.165) is 24.2 Å². The van der Waals surface area contributed by atoms with Gasteiger partial charge in [-0.15, -0.1) is 0 Å². The third-order valence-electron chi connectivity index (χ3n) is 4.33. The minimum Gasteiger partial charge on any atom is -0.493 e. The summed E-state index contributed by atoms with van der Waals surface area (Å²) in [5.74, 6) is 1.43. The van der Waals surface area contributed by atoms with Crippen molar-refractivity contribution in [3.63, 3.8) is 0 Å². The molecule has 0 saturated carbocycles. The average Bonchev–Trinajstić information content (AvgIpc) is 2.45. The van der Waals surface area contributed by atoms with Gasteiger partial charge in [-0.05, 0) is 63.3 Å². The molecule has 1 aromatic carbocycles. The molecule has 0 N–H and O–H groups in total. The van der Waals surface area contributed by atoms with E-state index in [-0.39, 0.29) is 5.78 Å². The van der Waals surface area contributed by atoms with Crippen LogP contribution in [0.5, 0.6) is 5.75 Å². The maximum absolute atomic E-state index is 12.8. The van der Waals surface area contributed by atoms with Crippen molar-refractivity contribution < 1.29 is 9.53 Å². The molecule has 0 amide bonds. The molecule has 0 radical (unpaired) electrons. The number of halogens is 1. The molecular weight excluding hydrogens is 298 g/mol. The lowest BCUT2D eigenvalue weighted by atomic mass is 9.97. The van der Waals surface area contributed by atoms with Gasteiger partial charge in [0, 0.05) is 11.6 Å². The van der Waals surface area contributed by atoms with Gasteiger partial charge in [0.1, 0.15) is 5.75 Å². The molecule has 1 fully saturated rings. The summed E-state index contributed by atoms with van der Waals surface area (Å²) >= 11 is 6.34. The van der Waals surface area contributed by atoms with Gasteiger partial charge in [-0.3, -0.25) is 9.69 Å². The fourth-order valence-corrected chi connectivity index (χ4v) is 3.40. The van der Waals surface area contributed by atoms with Gasteiger partial charge in [-0.1, -0.05) is 18.5 Å². The topological polar surface area (TPSA) is 29.5 Å². The molecule has 3 nitrogen and oxygen atoms in total. The lowest BCUT2D eigenvalue weighted by molar-refractivity contribution is 0.0888. The number of carbonyl (C=O) groups is 1. The predicted molar refractivity (Wildman–Crippen MR) is 91.3 cm³/mol.